The van der Waals surface area contributed by atoms with E-state index < -0.39 is 0 Å². The third-order valence-corrected chi connectivity index (χ3v) is 2.61. The van der Waals surface area contributed by atoms with E-state index in [4.69, 9.17) is 12.2 Å². The zero-order valence-corrected chi connectivity index (χ0v) is 12.2. The van der Waals surface area contributed by atoms with Crippen molar-refractivity contribution < 1.29 is 0 Å². The summed E-state index contributed by atoms with van der Waals surface area (Å²) in [6.07, 6.45) is 1.76. The first kappa shape index (κ1) is 14.6. The molecule has 0 aromatic heterocycles. The van der Waals surface area contributed by atoms with Gasteiger partial charge in [-0.15, -0.1) is 0 Å². The highest BCUT2D eigenvalue weighted by Gasteiger charge is 1.98. The molecule has 98 valence electrons. The van der Waals surface area contributed by atoms with Gasteiger partial charge in [0, 0.05) is 6.04 Å². The zero-order chi connectivity index (χ0) is 13.5. The van der Waals surface area contributed by atoms with Crippen molar-refractivity contribution in [2.75, 3.05) is 0 Å². The number of thiocarbonyl (C=S) groups is 1. The lowest BCUT2D eigenvalue weighted by Crippen LogP contribution is -2.36. The van der Waals surface area contributed by atoms with Crippen molar-refractivity contribution in [3.63, 3.8) is 0 Å². The van der Waals surface area contributed by atoms with Gasteiger partial charge in [-0.2, -0.15) is 5.10 Å². The fourth-order valence-corrected chi connectivity index (χ4v) is 1.72. The molecule has 0 atom stereocenters. The summed E-state index contributed by atoms with van der Waals surface area (Å²) in [4.78, 5) is 0. The Morgan fingerprint density at radius 3 is 2.28 bits per heavy atom. The molecular formula is C14H21N3S. The van der Waals surface area contributed by atoms with E-state index in [0.29, 0.717) is 17.1 Å². The van der Waals surface area contributed by atoms with E-state index in [1.54, 1.807) is 6.21 Å². The number of hydrogen-bond donors (Lipinski definition) is 2. The van der Waals surface area contributed by atoms with E-state index in [0.717, 1.165) is 5.56 Å². The van der Waals surface area contributed by atoms with Gasteiger partial charge in [-0.25, -0.2) is 0 Å². The van der Waals surface area contributed by atoms with Crippen LogP contribution in [0.4, 0.5) is 0 Å². The van der Waals surface area contributed by atoms with Crippen LogP contribution in [0.25, 0.3) is 0 Å². The van der Waals surface area contributed by atoms with E-state index in [9.17, 15) is 0 Å². The van der Waals surface area contributed by atoms with Gasteiger partial charge in [0.2, 0.25) is 0 Å². The maximum absolute atomic E-state index is 5.06. The van der Waals surface area contributed by atoms with Crippen LogP contribution in [0.1, 0.15) is 44.7 Å². The summed E-state index contributed by atoms with van der Waals surface area (Å²) in [6, 6.07) is 8.66. The van der Waals surface area contributed by atoms with E-state index in [1.165, 1.54) is 5.56 Å². The highest BCUT2D eigenvalue weighted by Crippen LogP contribution is 2.13. The number of nitrogens with zero attached hydrogens (tertiary/aromatic N) is 1. The minimum Gasteiger partial charge on any atom is -0.359 e. The Hall–Kier alpha value is -1.42. The molecule has 2 N–H and O–H groups in total. The van der Waals surface area contributed by atoms with Gasteiger partial charge >= 0.3 is 0 Å². The lowest BCUT2D eigenvalue weighted by atomic mass is 10.0. The summed E-state index contributed by atoms with van der Waals surface area (Å²) >= 11 is 5.06. The van der Waals surface area contributed by atoms with Crippen molar-refractivity contribution in [2.45, 2.75) is 39.7 Å². The minimum absolute atomic E-state index is 0.311. The molecule has 0 saturated heterocycles. The molecule has 18 heavy (non-hydrogen) atoms. The Morgan fingerprint density at radius 2 is 1.78 bits per heavy atom. The number of hydrazone groups is 1. The second-order valence-corrected chi connectivity index (χ2v) is 5.23. The van der Waals surface area contributed by atoms with Crippen molar-refractivity contribution in [1.82, 2.24) is 10.7 Å². The topological polar surface area (TPSA) is 36.4 Å². The first-order chi connectivity index (χ1) is 8.49. The molecule has 3 nitrogen and oxygen atoms in total. The van der Waals surface area contributed by atoms with Crippen molar-refractivity contribution in [1.29, 1.82) is 0 Å². The third-order valence-electron chi connectivity index (χ3n) is 2.40. The lowest BCUT2D eigenvalue weighted by Gasteiger charge is -2.09. The molecule has 4 heteroatoms. The molecule has 1 aromatic rings. The molecule has 0 bridgehead atoms. The van der Waals surface area contributed by atoms with Crippen molar-refractivity contribution in [2.24, 2.45) is 5.10 Å². The molecule has 1 rings (SSSR count). The molecule has 0 aliphatic rings. The summed E-state index contributed by atoms with van der Waals surface area (Å²) in [5.41, 5.74) is 5.18. The molecular weight excluding hydrogens is 242 g/mol. The number of rotatable bonds is 4. The second kappa shape index (κ2) is 7.11. The quantitative estimate of drug-likeness (QED) is 0.498. The molecule has 0 aliphatic carbocycles. The SMILES string of the molecule is CC(C)NC(=S)N/N=C\c1ccc(C(C)C)cc1. The van der Waals surface area contributed by atoms with Crippen LogP contribution in [0.2, 0.25) is 0 Å². The molecule has 0 heterocycles. The van der Waals surface area contributed by atoms with Gasteiger partial charge in [0.1, 0.15) is 0 Å². The maximum Gasteiger partial charge on any atom is 0.187 e. The smallest absolute Gasteiger partial charge is 0.187 e. The van der Waals surface area contributed by atoms with Crippen LogP contribution < -0.4 is 10.7 Å². The summed E-state index contributed by atoms with van der Waals surface area (Å²) < 4.78 is 0. The minimum atomic E-state index is 0.311. The molecule has 0 spiro atoms. The van der Waals surface area contributed by atoms with Gasteiger partial charge in [-0.05, 0) is 43.1 Å². The lowest BCUT2D eigenvalue weighted by molar-refractivity contribution is 0.720. The predicted octanol–water partition coefficient (Wildman–Crippen LogP) is 3.02. The van der Waals surface area contributed by atoms with Crippen LogP contribution in [-0.2, 0) is 0 Å². The second-order valence-electron chi connectivity index (χ2n) is 4.82. The van der Waals surface area contributed by atoms with Crippen LogP contribution in [0.3, 0.4) is 0 Å². The van der Waals surface area contributed by atoms with Crippen molar-refractivity contribution >= 4 is 23.5 Å². The Bertz CT molecular complexity index is 408. The number of hydrogen-bond acceptors (Lipinski definition) is 2. The summed E-state index contributed by atoms with van der Waals surface area (Å²) in [5, 5.41) is 7.69. The fraction of sp³-hybridized carbons (Fsp3) is 0.429. The molecule has 0 saturated carbocycles. The van der Waals surface area contributed by atoms with Crippen LogP contribution in [0, 0.1) is 0 Å². The maximum atomic E-state index is 5.06. The summed E-state index contributed by atoms with van der Waals surface area (Å²) in [6.45, 7) is 8.42. The van der Waals surface area contributed by atoms with Crippen molar-refractivity contribution in [3.8, 4) is 0 Å². The van der Waals surface area contributed by atoms with E-state index in [-0.39, 0.29) is 0 Å². The van der Waals surface area contributed by atoms with Crippen LogP contribution in [0.15, 0.2) is 29.4 Å². The molecule has 0 radical (unpaired) electrons. The Labute approximate surface area is 115 Å². The average molecular weight is 263 g/mol. The standard InChI is InChI=1S/C14H21N3S/c1-10(2)13-7-5-12(6-8-13)9-15-17-14(18)16-11(3)4/h5-11H,1-4H3,(H2,16,17,18)/b15-9-. The fourth-order valence-electron chi connectivity index (χ4n) is 1.43. The molecule has 0 aliphatic heterocycles. The normalized spacial score (nSPS) is 11.2. The highest BCUT2D eigenvalue weighted by molar-refractivity contribution is 7.80. The van der Waals surface area contributed by atoms with Crippen LogP contribution in [0.5, 0.6) is 0 Å². The Morgan fingerprint density at radius 1 is 1.17 bits per heavy atom. The van der Waals surface area contributed by atoms with E-state index >= 15 is 0 Å². The average Bonchev–Trinajstić information content (AvgIpc) is 2.28. The third kappa shape index (κ3) is 5.27. The molecule has 0 unspecified atom stereocenters. The Kier molecular flexibility index (Phi) is 5.78. The molecule has 0 fully saturated rings. The zero-order valence-electron chi connectivity index (χ0n) is 11.4. The Balaban J connectivity index is 2.49. The molecule has 0 amide bonds. The first-order valence-electron chi connectivity index (χ1n) is 6.18. The van der Waals surface area contributed by atoms with Crippen LogP contribution in [-0.4, -0.2) is 17.4 Å². The van der Waals surface area contributed by atoms with Crippen LogP contribution >= 0.6 is 12.2 Å². The van der Waals surface area contributed by atoms with Gasteiger partial charge in [-0.1, -0.05) is 38.1 Å². The highest BCUT2D eigenvalue weighted by atomic mass is 32.1. The largest absolute Gasteiger partial charge is 0.359 e. The van der Waals surface area contributed by atoms with Gasteiger partial charge in [0.05, 0.1) is 6.21 Å². The van der Waals surface area contributed by atoms with Gasteiger partial charge < -0.3 is 5.32 Å². The van der Waals surface area contributed by atoms with Crippen molar-refractivity contribution in [3.05, 3.63) is 35.4 Å². The molecule has 1 aromatic carbocycles. The van der Waals surface area contributed by atoms with E-state index in [2.05, 4.69) is 54.0 Å². The van der Waals surface area contributed by atoms with Gasteiger partial charge in [0.25, 0.3) is 0 Å². The van der Waals surface area contributed by atoms with Gasteiger partial charge in [0.15, 0.2) is 5.11 Å². The monoisotopic (exact) mass is 263 g/mol. The predicted molar refractivity (Wildman–Crippen MR) is 82.1 cm³/mol. The number of nitrogens with one attached hydrogen (secondary N) is 2. The van der Waals surface area contributed by atoms with Gasteiger partial charge in [-0.3, -0.25) is 5.43 Å². The van der Waals surface area contributed by atoms with E-state index in [1.807, 2.05) is 13.8 Å². The summed E-state index contributed by atoms with van der Waals surface area (Å²) in [7, 11) is 0. The first-order valence-corrected chi connectivity index (χ1v) is 6.59. The number of benzene rings is 1. The summed E-state index contributed by atoms with van der Waals surface area (Å²) in [5.74, 6) is 0.553.